The van der Waals surface area contributed by atoms with Crippen molar-refractivity contribution in [1.29, 1.82) is 0 Å². The van der Waals surface area contributed by atoms with E-state index in [4.69, 9.17) is 0 Å². The number of hydrogen-bond donors (Lipinski definition) is 1. The van der Waals surface area contributed by atoms with E-state index in [1.807, 2.05) is 44.2 Å². The molecule has 76 valence electrons. The van der Waals surface area contributed by atoms with Crippen LogP contribution >= 0.6 is 0 Å². The Morgan fingerprint density at radius 1 is 1.00 bits per heavy atom. The van der Waals surface area contributed by atoms with Crippen LogP contribution in [-0.4, -0.2) is 4.98 Å². The van der Waals surface area contributed by atoms with Crippen molar-refractivity contribution in [3.05, 3.63) is 58.0 Å². The first-order chi connectivity index (χ1) is 7.16. The molecule has 2 aromatic rings. The van der Waals surface area contributed by atoms with E-state index in [0.717, 1.165) is 16.7 Å². The van der Waals surface area contributed by atoms with E-state index in [1.54, 1.807) is 6.20 Å². The third-order valence-electron chi connectivity index (χ3n) is 2.41. The van der Waals surface area contributed by atoms with Crippen LogP contribution in [0.5, 0.6) is 0 Å². The number of aryl methyl sites for hydroxylation is 2. The zero-order valence-electron chi connectivity index (χ0n) is 8.87. The summed E-state index contributed by atoms with van der Waals surface area (Å²) in [5.41, 5.74) is 3.91. The number of nitrogens with one attached hydrogen (secondary N) is 1. The first-order valence-electron chi connectivity index (χ1n) is 4.93. The minimum absolute atomic E-state index is 0.0375. The van der Waals surface area contributed by atoms with Gasteiger partial charge < -0.3 is 4.98 Å². The van der Waals surface area contributed by atoms with E-state index in [2.05, 4.69) is 4.98 Å². The lowest BCUT2D eigenvalue weighted by Gasteiger charge is -2.02. The molecule has 2 heteroatoms. The molecule has 1 heterocycles. The minimum atomic E-state index is -0.0375. The fourth-order valence-corrected chi connectivity index (χ4v) is 1.54. The summed E-state index contributed by atoms with van der Waals surface area (Å²) in [6.45, 7) is 4.00. The van der Waals surface area contributed by atoms with Crippen molar-refractivity contribution in [3.8, 4) is 11.1 Å². The van der Waals surface area contributed by atoms with Gasteiger partial charge in [0.15, 0.2) is 0 Å². The molecular weight excluding hydrogens is 186 g/mol. The zero-order chi connectivity index (χ0) is 10.8. The van der Waals surface area contributed by atoms with E-state index in [1.165, 1.54) is 5.56 Å². The van der Waals surface area contributed by atoms with Crippen LogP contribution < -0.4 is 5.56 Å². The molecule has 1 aromatic heterocycles. The summed E-state index contributed by atoms with van der Waals surface area (Å²) in [5, 5.41) is 0. The predicted octanol–water partition coefficient (Wildman–Crippen LogP) is 2.66. The van der Waals surface area contributed by atoms with Gasteiger partial charge in [-0.25, -0.2) is 0 Å². The summed E-state index contributed by atoms with van der Waals surface area (Å²) < 4.78 is 0. The Labute approximate surface area is 88.6 Å². The summed E-state index contributed by atoms with van der Waals surface area (Å²) in [5.74, 6) is 0. The fourth-order valence-electron chi connectivity index (χ4n) is 1.54. The first kappa shape index (κ1) is 9.71. The molecule has 0 bridgehead atoms. The van der Waals surface area contributed by atoms with Crippen LogP contribution in [0.4, 0.5) is 0 Å². The smallest absolute Gasteiger partial charge is 0.255 e. The van der Waals surface area contributed by atoms with Crippen LogP contribution in [0.1, 0.15) is 11.1 Å². The van der Waals surface area contributed by atoms with Crippen molar-refractivity contribution in [3.63, 3.8) is 0 Å². The lowest BCUT2D eigenvalue weighted by atomic mass is 10.0. The molecule has 0 unspecified atom stereocenters. The average molecular weight is 199 g/mol. The highest BCUT2D eigenvalue weighted by Crippen LogP contribution is 2.16. The molecule has 15 heavy (non-hydrogen) atoms. The highest BCUT2D eigenvalue weighted by atomic mass is 16.1. The quantitative estimate of drug-likeness (QED) is 0.752. The van der Waals surface area contributed by atoms with Gasteiger partial charge in [0, 0.05) is 11.8 Å². The third kappa shape index (κ3) is 1.99. The van der Waals surface area contributed by atoms with Gasteiger partial charge in [-0.3, -0.25) is 4.79 Å². The van der Waals surface area contributed by atoms with Crippen molar-refractivity contribution in [2.24, 2.45) is 0 Å². The Kier molecular flexibility index (Phi) is 2.42. The van der Waals surface area contributed by atoms with Gasteiger partial charge >= 0.3 is 0 Å². The first-order valence-corrected chi connectivity index (χ1v) is 4.93. The molecule has 0 aliphatic rings. The van der Waals surface area contributed by atoms with Crippen LogP contribution in [0.25, 0.3) is 11.1 Å². The van der Waals surface area contributed by atoms with Crippen LogP contribution in [-0.2, 0) is 0 Å². The number of H-pyrrole nitrogens is 1. The predicted molar refractivity (Wildman–Crippen MR) is 62.0 cm³/mol. The maximum Gasteiger partial charge on any atom is 0.255 e. The largest absolute Gasteiger partial charge is 0.328 e. The molecule has 0 radical (unpaired) electrons. The molecule has 0 spiro atoms. The Balaban J connectivity index is 2.58. The molecule has 0 aliphatic carbocycles. The summed E-state index contributed by atoms with van der Waals surface area (Å²) in [6, 6.07) is 9.87. The third-order valence-corrected chi connectivity index (χ3v) is 2.41. The van der Waals surface area contributed by atoms with E-state index >= 15 is 0 Å². The van der Waals surface area contributed by atoms with Gasteiger partial charge in [0.1, 0.15) is 0 Å². The van der Waals surface area contributed by atoms with E-state index < -0.39 is 0 Å². The molecule has 0 saturated carbocycles. The maximum absolute atomic E-state index is 11.6. The molecule has 0 fully saturated rings. The molecule has 1 N–H and O–H groups in total. The van der Waals surface area contributed by atoms with E-state index in [-0.39, 0.29) is 5.56 Å². The van der Waals surface area contributed by atoms with Gasteiger partial charge in [0.2, 0.25) is 0 Å². The van der Waals surface area contributed by atoms with Gasteiger partial charge in [-0.15, -0.1) is 0 Å². The number of rotatable bonds is 1. The lowest BCUT2D eigenvalue weighted by Crippen LogP contribution is -2.08. The number of benzene rings is 1. The zero-order valence-corrected chi connectivity index (χ0v) is 8.87. The molecule has 0 atom stereocenters. The molecule has 0 aliphatic heterocycles. The van der Waals surface area contributed by atoms with Gasteiger partial charge in [0.25, 0.3) is 5.56 Å². The van der Waals surface area contributed by atoms with Gasteiger partial charge in [-0.05, 0) is 31.0 Å². The van der Waals surface area contributed by atoms with Crippen molar-refractivity contribution in [2.45, 2.75) is 13.8 Å². The Morgan fingerprint density at radius 2 is 1.67 bits per heavy atom. The molecule has 1 aromatic carbocycles. The highest BCUT2D eigenvalue weighted by molar-refractivity contribution is 5.63. The maximum atomic E-state index is 11.6. The minimum Gasteiger partial charge on any atom is -0.328 e. The highest BCUT2D eigenvalue weighted by Gasteiger charge is 2.02. The normalized spacial score (nSPS) is 10.3. The summed E-state index contributed by atoms with van der Waals surface area (Å²) >= 11 is 0. The van der Waals surface area contributed by atoms with Crippen LogP contribution in [0.2, 0.25) is 0 Å². The monoisotopic (exact) mass is 199 g/mol. The lowest BCUT2D eigenvalue weighted by molar-refractivity contribution is 1.20. The number of hydrogen-bond acceptors (Lipinski definition) is 1. The average Bonchev–Trinajstić information content (AvgIpc) is 2.23. The molecular formula is C13H13NO. The fraction of sp³-hybridized carbons (Fsp3) is 0.154. The molecule has 0 amide bonds. The van der Waals surface area contributed by atoms with Gasteiger partial charge in [-0.1, -0.05) is 29.8 Å². The van der Waals surface area contributed by atoms with Crippen LogP contribution in [0.3, 0.4) is 0 Å². The Hall–Kier alpha value is -1.83. The van der Waals surface area contributed by atoms with Gasteiger partial charge in [0.05, 0.1) is 0 Å². The molecule has 2 rings (SSSR count). The van der Waals surface area contributed by atoms with Crippen LogP contribution in [0.15, 0.2) is 41.3 Å². The van der Waals surface area contributed by atoms with Crippen molar-refractivity contribution >= 4 is 0 Å². The Bertz CT molecular complexity index is 523. The van der Waals surface area contributed by atoms with Gasteiger partial charge in [-0.2, -0.15) is 0 Å². The standard InChI is InChI=1S/C13H13NO/c1-9-3-5-11(6-4-9)12-7-10(2)8-14-13(12)15/h3-8H,1-2H3,(H,14,15). The second-order valence-electron chi connectivity index (χ2n) is 3.79. The number of aromatic amines is 1. The van der Waals surface area contributed by atoms with Crippen molar-refractivity contribution in [2.75, 3.05) is 0 Å². The van der Waals surface area contributed by atoms with Crippen LogP contribution in [0, 0.1) is 13.8 Å². The summed E-state index contributed by atoms with van der Waals surface area (Å²) in [4.78, 5) is 14.3. The second kappa shape index (κ2) is 3.73. The molecule has 2 nitrogen and oxygen atoms in total. The molecule has 0 saturated heterocycles. The summed E-state index contributed by atoms with van der Waals surface area (Å²) in [6.07, 6.45) is 1.72. The van der Waals surface area contributed by atoms with Crippen molar-refractivity contribution < 1.29 is 0 Å². The number of pyridine rings is 1. The SMILES string of the molecule is Cc1ccc(-c2cc(C)c[nH]c2=O)cc1. The van der Waals surface area contributed by atoms with Crippen molar-refractivity contribution in [1.82, 2.24) is 4.98 Å². The number of aromatic nitrogens is 1. The summed E-state index contributed by atoms with van der Waals surface area (Å²) in [7, 11) is 0. The van der Waals surface area contributed by atoms with E-state index in [0.29, 0.717) is 0 Å². The Morgan fingerprint density at radius 3 is 2.33 bits per heavy atom. The van der Waals surface area contributed by atoms with E-state index in [9.17, 15) is 4.79 Å². The second-order valence-corrected chi connectivity index (χ2v) is 3.79. The topological polar surface area (TPSA) is 32.9 Å².